The van der Waals surface area contributed by atoms with Gasteiger partial charge in [-0.2, -0.15) is 0 Å². The first kappa shape index (κ1) is 22.6. The fourth-order valence-corrected chi connectivity index (χ4v) is 3.80. The highest BCUT2D eigenvalue weighted by Crippen LogP contribution is 2.11. The van der Waals surface area contributed by atoms with Crippen LogP contribution in [0.1, 0.15) is 39.2 Å². The Kier molecular flexibility index (Phi) is 10.2. The molecule has 1 aromatic rings. The number of sulfonamides is 1. The Balaban J connectivity index is 0.00000484. The van der Waals surface area contributed by atoms with E-state index in [-0.39, 0.29) is 17.0 Å². The van der Waals surface area contributed by atoms with Gasteiger partial charge in [-0.3, -0.25) is 0 Å². The molecule has 0 heterocycles. The second-order valence-corrected chi connectivity index (χ2v) is 7.70. The first-order valence-electron chi connectivity index (χ1n) is 8.30. The van der Waals surface area contributed by atoms with Crippen LogP contribution in [0.5, 0.6) is 0 Å². The standard InChI is InChI=1S/C17H31N2O2S.BrH/c1-5-19(6-2,7-3)15-9-8-14-18-22(20,21)17-12-10-16(4)11-13-17;/h10-13,18H,5-9,14-15H2,1-4H3;1H/q+1;/p-1. The predicted octanol–water partition coefficient (Wildman–Crippen LogP) is -0.0660. The van der Waals surface area contributed by atoms with Crippen molar-refractivity contribution >= 4 is 10.0 Å². The van der Waals surface area contributed by atoms with E-state index in [1.54, 1.807) is 12.1 Å². The molecule has 0 saturated heterocycles. The molecule has 0 unspecified atom stereocenters. The van der Waals surface area contributed by atoms with Crippen molar-refractivity contribution in [2.75, 3.05) is 32.7 Å². The van der Waals surface area contributed by atoms with Crippen LogP contribution >= 0.6 is 0 Å². The van der Waals surface area contributed by atoms with Gasteiger partial charge < -0.3 is 21.5 Å². The second-order valence-electron chi connectivity index (χ2n) is 5.93. The Bertz CT molecular complexity index is 532. The SMILES string of the molecule is CC[N+](CC)(CC)CCCCNS(=O)(=O)c1ccc(C)cc1.[Br-]. The average molecular weight is 407 g/mol. The molecule has 0 aliphatic rings. The zero-order valence-corrected chi connectivity index (χ0v) is 17.2. The molecule has 0 aromatic heterocycles. The summed E-state index contributed by atoms with van der Waals surface area (Å²) < 4.78 is 28.1. The molecule has 0 amide bonds. The monoisotopic (exact) mass is 406 g/mol. The lowest BCUT2D eigenvalue weighted by Crippen LogP contribution is -3.00. The molecule has 1 aromatic carbocycles. The lowest BCUT2D eigenvalue weighted by atomic mass is 10.2. The van der Waals surface area contributed by atoms with Gasteiger partial charge in [0.15, 0.2) is 0 Å². The Morgan fingerprint density at radius 1 is 0.957 bits per heavy atom. The molecule has 0 spiro atoms. The molecule has 0 aliphatic carbocycles. The van der Waals surface area contributed by atoms with Crippen molar-refractivity contribution in [2.24, 2.45) is 0 Å². The molecular weight excluding hydrogens is 376 g/mol. The zero-order chi connectivity index (χ0) is 16.6. The fourth-order valence-electron chi connectivity index (χ4n) is 2.72. The number of rotatable bonds is 10. The molecule has 6 heteroatoms. The third kappa shape index (κ3) is 6.91. The van der Waals surface area contributed by atoms with Gasteiger partial charge in [0, 0.05) is 6.54 Å². The van der Waals surface area contributed by atoms with E-state index in [9.17, 15) is 8.42 Å². The summed E-state index contributed by atoms with van der Waals surface area (Å²) in [6.07, 6.45) is 1.93. The minimum Gasteiger partial charge on any atom is -1.00 e. The van der Waals surface area contributed by atoms with Crippen molar-refractivity contribution in [3.63, 3.8) is 0 Å². The summed E-state index contributed by atoms with van der Waals surface area (Å²) in [6.45, 7) is 13.7. The van der Waals surface area contributed by atoms with Gasteiger partial charge in [-0.25, -0.2) is 13.1 Å². The van der Waals surface area contributed by atoms with E-state index in [1.807, 2.05) is 19.1 Å². The van der Waals surface area contributed by atoms with Crippen molar-refractivity contribution in [3.8, 4) is 0 Å². The van der Waals surface area contributed by atoms with Crippen molar-refractivity contribution in [1.29, 1.82) is 0 Å². The van der Waals surface area contributed by atoms with Crippen LogP contribution < -0.4 is 21.7 Å². The molecule has 1 N–H and O–H groups in total. The number of benzene rings is 1. The molecule has 0 radical (unpaired) electrons. The minimum atomic E-state index is -3.36. The van der Waals surface area contributed by atoms with E-state index in [1.165, 1.54) is 0 Å². The number of hydrogen-bond donors (Lipinski definition) is 1. The summed E-state index contributed by atoms with van der Waals surface area (Å²) in [5.74, 6) is 0. The van der Waals surface area contributed by atoms with Crippen LogP contribution in [0.3, 0.4) is 0 Å². The van der Waals surface area contributed by atoms with E-state index >= 15 is 0 Å². The lowest BCUT2D eigenvalue weighted by Gasteiger charge is -2.35. The molecule has 0 saturated carbocycles. The topological polar surface area (TPSA) is 46.2 Å². The van der Waals surface area contributed by atoms with Gasteiger partial charge in [0.1, 0.15) is 0 Å². The van der Waals surface area contributed by atoms with E-state index < -0.39 is 10.0 Å². The first-order valence-corrected chi connectivity index (χ1v) is 9.79. The van der Waals surface area contributed by atoms with Gasteiger partial charge in [-0.1, -0.05) is 17.7 Å². The molecule has 134 valence electrons. The first-order chi connectivity index (χ1) is 10.4. The van der Waals surface area contributed by atoms with Gasteiger partial charge in [-0.15, -0.1) is 0 Å². The van der Waals surface area contributed by atoms with Gasteiger partial charge in [0.2, 0.25) is 10.0 Å². The number of aryl methyl sites for hydroxylation is 1. The van der Waals surface area contributed by atoms with E-state index in [0.29, 0.717) is 11.4 Å². The maximum Gasteiger partial charge on any atom is 0.240 e. The van der Waals surface area contributed by atoms with Crippen LogP contribution in [0, 0.1) is 6.92 Å². The summed E-state index contributed by atoms with van der Waals surface area (Å²) in [5.41, 5.74) is 1.06. The highest BCUT2D eigenvalue weighted by Gasteiger charge is 2.20. The van der Waals surface area contributed by atoms with Crippen LogP contribution in [-0.4, -0.2) is 45.6 Å². The van der Waals surface area contributed by atoms with Crippen molar-refractivity contribution in [1.82, 2.24) is 4.72 Å². The van der Waals surface area contributed by atoms with Crippen LogP contribution in [0.4, 0.5) is 0 Å². The van der Waals surface area contributed by atoms with E-state index in [4.69, 9.17) is 0 Å². The summed E-state index contributed by atoms with van der Waals surface area (Å²) >= 11 is 0. The number of hydrogen-bond acceptors (Lipinski definition) is 2. The quantitative estimate of drug-likeness (QED) is 0.436. The van der Waals surface area contributed by atoms with Crippen LogP contribution in [0.2, 0.25) is 0 Å². The number of unbranched alkanes of at least 4 members (excludes halogenated alkanes) is 1. The Morgan fingerprint density at radius 3 is 1.96 bits per heavy atom. The van der Waals surface area contributed by atoms with Gasteiger partial charge in [-0.05, 0) is 52.7 Å². The van der Waals surface area contributed by atoms with Gasteiger partial charge >= 0.3 is 0 Å². The van der Waals surface area contributed by atoms with Crippen LogP contribution in [0.15, 0.2) is 29.2 Å². The Labute approximate surface area is 152 Å². The minimum absolute atomic E-state index is 0. The smallest absolute Gasteiger partial charge is 0.240 e. The van der Waals surface area contributed by atoms with Gasteiger partial charge in [0.05, 0.1) is 31.1 Å². The molecule has 23 heavy (non-hydrogen) atoms. The lowest BCUT2D eigenvalue weighted by molar-refractivity contribution is -0.923. The summed E-state index contributed by atoms with van der Waals surface area (Å²) in [6, 6.07) is 6.96. The summed E-state index contributed by atoms with van der Waals surface area (Å²) in [4.78, 5) is 0.346. The largest absolute Gasteiger partial charge is 1.00 e. The summed E-state index contributed by atoms with van der Waals surface area (Å²) in [5, 5.41) is 0. The third-order valence-electron chi connectivity index (χ3n) is 4.70. The van der Waals surface area contributed by atoms with Crippen molar-refractivity contribution in [2.45, 2.75) is 45.4 Å². The Morgan fingerprint density at radius 2 is 1.48 bits per heavy atom. The maximum atomic E-state index is 12.2. The normalized spacial score (nSPS) is 12.0. The Hall–Kier alpha value is -0.430. The molecule has 4 nitrogen and oxygen atoms in total. The number of nitrogens with zero attached hydrogens (tertiary/aromatic N) is 1. The third-order valence-corrected chi connectivity index (χ3v) is 6.17. The zero-order valence-electron chi connectivity index (χ0n) is 14.8. The van der Waals surface area contributed by atoms with E-state index in [2.05, 4.69) is 25.5 Å². The number of halogens is 1. The second kappa shape index (κ2) is 10.4. The van der Waals surface area contributed by atoms with Crippen LogP contribution in [0.25, 0.3) is 0 Å². The van der Waals surface area contributed by atoms with E-state index in [0.717, 1.165) is 49.1 Å². The molecule has 1 rings (SSSR count). The predicted molar refractivity (Wildman–Crippen MR) is 92.4 cm³/mol. The molecule has 0 fully saturated rings. The van der Waals surface area contributed by atoms with Crippen molar-refractivity contribution in [3.05, 3.63) is 29.8 Å². The highest BCUT2D eigenvalue weighted by atomic mass is 79.9. The van der Waals surface area contributed by atoms with Gasteiger partial charge in [0.25, 0.3) is 0 Å². The maximum absolute atomic E-state index is 12.2. The molecular formula is C17H31BrN2O2S. The molecule has 0 bridgehead atoms. The van der Waals surface area contributed by atoms with Crippen LogP contribution in [-0.2, 0) is 10.0 Å². The number of nitrogens with one attached hydrogen (secondary N) is 1. The molecule has 0 aliphatic heterocycles. The highest BCUT2D eigenvalue weighted by molar-refractivity contribution is 7.89. The average Bonchev–Trinajstić information content (AvgIpc) is 2.52. The number of quaternary nitrogens is 1. The fraction of sp³-hybridized carbons (Fsp3) is 0.647. The molecule has 0 atom stereocenters. The summed E-state index contributed by atoms with van der Waals surface area (Å²) in [7, 11) is -3.36. The van der Waals surface area contributed by atoms with Crippen molar-refractivity contribution < 1.29 is 29.9 Å².